The molecule has 1 aromatic rings. The monoisotopic (exact) mass is 210 g/mol. The number of hydrogen-bond acceptors (Lipinski definition) is 4. The first-order valence-corrected chi connectivity index (χ1v) is 4.96. The van der Waals surface area contributed by atoms with Crippen molar-refractivity contribution in [1.82, 2.24) is 5.32 Å². The van der Waals surface area contributed by atoms with E-state index in [1.807, 2.05) is 6.07 Å². The van der Waals surface area contributed by atoms with Crippen LogP contribution in [0.25, 0.3) is 0 Å². The number of hydrogen-bond donors (Lipinski definition) is 2. The van der Waals surface area contributed by atoms with Gasteiger partial charge in [-0.2, -0.15) is 5.26 Å². The minimum absolute atomic E-state index is 0.112. The van der Waals surface area contributed by atoms with Crippen LogP contribution in [0.2, 0.25) is 0 Å². The Bertz CT molecular complexity index is 367. The lowest BCUT2D eigenvalue weighted by molar-refractivity contribution is 0.0926. The van der Waals surface area contributed by atoms with Crippen LogP contribution in [0, 0.1) is 11.3 Å². The van der Waals surface area contributed by atoms with Gasteiger partial charge in [0.25, 0.3) is 5.91 Å². The zero-order valence-electron chi connectivity index (χ0n) is 7.65. The maximum Gasteiger partial charge on any atom is 0.262 e. The summed E-state index contributed by atoms with van der Waals surface area (Å²) in [5.41, 5.74) is 0.373. The third-order valence-corrected chi connectivity index (χ3v) is 2.56. The number of nitrogens with zero attached hydrogens (tertiary/aromatic N) is 1. The first-order valence-electron chi connectivity index (χ1n) is 4.08. The molecule has 0 spiro atoms. The van der Waals surface area contributed by atoms with Gasteiger partial charge in [-0.25, -0.2) is 0 Å². The fourth-order valence-electron chi connectivity index (χ4n) is 0.908. The Kier molecular flexibility index (Phi) is 3.63. The average Bonchev–Trinajstić information content (AvgIpc) is 2.65. The third kappa shape index (κ3) is 2.31. The maximum absolute atomic E-state index is 11.5. The summed E-state index contributed by atoms with van der Waals surface area (Å²) >= 11 is 1.22. The van der Waals surface area contributed by atoms with Gasteiger partial charge in [-0.1, -0.05) is 0 Å². The number of amides is 1. The number of thiophene rings is 1. The van der Waals surface area contributed by atoms with Gasteiger partial charge in [-0.15, -0.1) is 11.3 Å². The molecule has 4 nitrogen and oxygen atoms in total. The Balaban J connectivity index is 2.75. The molecule has 74 valence electrons. The fourth-order valence-corrected chi connectivity index (χ4v) is 1.65. The largest absolute Gasteiger partial charge is 0.394 e. The summed E-state index contributed by atoms with van der Waals surface area (Å²) < 4.78 is 0. The summed E-state index contributed by atoms with van der Waals surface area (Å²) in [6.45, 7) is 1.58. The quantitative estimate of drug-likeness (QED) is 0.772. The minimum Gasteiger partial charge on any atom is -0.394 e. The van der Waals surface area contributed by atoms with E-state index in [0.29, 0.717) is 10.4 Å². The van der Waals surface area contributed by atoms with Crippen molar-refractivity contribution in [3.05, 3.63) is 21.9 Å². The number of carbonyl (C=O) groups is 1. The number of rotatable bonds is 3. The van der Waals surface area contributed by atoms with Crippen LogP contribution < -0.4 is 5.32 Å². The third-order valence-electron chi connectivity index (χ3n) is 1.64. The topological polar surface area (TPSA) is 73.1 Å². The highest BCUT2D eigenvalue weighted by Gasteiger charge is 2.14. The number of nitrogens with one attached hydrogen (secondary N) is 1. The summed E-state index contributed by atoms with van der Waals surface area (Å²) in [6, 6.07) is 3.24. The van der Waals surface area contributed by atoms with Gasteiger partial charge in [0.1, 0.15) is 10.9 Å². The second kappa shape index (κ2) is 4.74. The molecule has 1 aromatic heterocycles. The van der Waals surface area contributed by atoms with Crippen LogP contribution in [0.4, 0.5) is 0 Å². The fraction of sp³-hybridized carbons (Fsp3) is 0.333. The molecule has 1 rings (SSSR count). The summed E-state index contributed by atoms with van der Waals surface area (Å²) in [5.74, 6) is -0.307. The van der Waals surface area contributed by atoms with Crippen molar-refractivity contribution < 1.29 is 9.90 Å². The van der Waals surface area contributed by atoms with Gasteiger partial charge in [0.05, 0.1) is 12.2 Å². The van der Waals surface area contributed by atoms with Crippen LogP contribution in [0.1, 0.15) is 22.2 Å². The van der Waals surface area contributed by atoms with E-state index in [4.69, 9.17) is 10.4 Å². The molecule has 0 bridgehead atoms. The van der Waals surface area contributed by atoms with Crippen LogP contribution in [-0.4, -0.2) is 23.7 Å². The minimum atomic E-state index is -0.307. The summed E-state index contributed by atoms with van der Waals surface area (Å²) in [6.07, 6.45) is 0. The van der Waals surface area contributed by atoms with Crippen LogP contribution in [0.15, 0.2) is 11.4 Å². The molecule has 2 N–H and O–H groups in total. The molecule has 0 aromatic carbocycles. The van der Waals surface area contributed by atoms with Gasteiger partial charge in [0.15, 0.2) is 0 Å². The lowest BCUT2D eigenvalue weighted by Gasteiger charge is -2.09. The molecular weight excluding hydrogens is 200 g/mol. The zero-order valence-corrected chi connectivity index (χ0v) is 8.47. The van der Waals surface area contributed by atoms with Gasteiger partial charge in [0.2, 0.25) is 0 Å². The Labute approximate surface area is 85.8 Å². The molecule has 1 amide bonds. The summed E-state index contributed by atoms with van der Waals surface area (Å²) in [4.78, 5) is 11.9. The molecule has 5 heteroatoms. The molecule has 1 atom stereocenters. The molecule has 14 heavy (non-hydrogen) atoms. The van der Waals surface area contributed by atoms with E-state index in [1.54, 1.807) is 18.4 Å². The van der Waals surface area contributed by atoms with Crippen molar-refractivity contribution in [2.24, 2.45) is 0 Å². The average molecular weight is 210 g/mol. The number of nitriles is 1. The van der Waals surface area contributed by atoms with Crippen molar-refractivity contribution in [3.63, 3.8) is 0 Å². The van der Waals surface area contributed by atoms with Crippen molar-refractivity contribution in [2.45, 2.75) is 13.0 Å². The highest BCUT2D eigenvalue weighted by atomic mass is 32.1. The summed E-state index contributed by atoms with van der Waals surface area (Å²) in [7, 11) is 0. The van der Waals surface area contributed by atoms with Crippen molar-refractivity contribution in [3.8, 4) is 6.07 Å². The van der Waals surface area contributed by atoms with E-state index in [2.05, 4.69) is 5.32 Å². The lowest BCUT2D eigenvalue weighted by atomic mass is 10.2. The Morgan fingerprint density at radius 2 is 2.57 bits per heavy atom. The predicted molar refractivity (Wildman–Crippen MR) is 53.0 cm³/mol. The van der Waals surface area contributed by atoms with Gasteiger partial charge in [-0.3, -0.25) is 4.79 Å². The first kappa shape index (κ1) is 10.7. The standard InChI is InChI=1S/C9H10N2O2S/c1-6(5-12)11-9(13)8-7(4-10)2-3-14-8/h2-3,6,12H,5H2,1H3,(H,11,13). The molecule has 0 aliphatic heterocycles. The molecule has 1 heterocycles. The number of aliphatic hydroxyl groups is 1. The van der Waals surface area contributed by atoms with Crippen molar-refractivity contribution >= 4 is 17.2 Å². The highest BCUT2D eigenvalue weighted by Crippen LogP contribution is 2.15. The number of carbonyl (C=O) groups excluding carboxylic acids is 1. The van der Waals surface area contributed by atoms with Gasteiger partial charge in [0, 0.05) is 6.04 Å². The lowest BCUT2D eigenvalue weighted by Crippen LogP contribution is -2.34. The molecule has 1 unspecified atom stereocenters. The first-order chi connectivity index (χ1) is 6.69. The van der Waals surface area contributed by atoms with Crippen molar-refractivity contribution in [2.75, 3.05) is 6.61 Å². The zero-order chi connectivity index (χ0) is 10.6. The molecule has 0 aliphatic carbocycles. The van der Waals surface area contributed by atoms with Crippen LogP contribution >= 0.6 is 11.3 Å². The number of aliphatic hydroxyl groups excluding tert-OH is 1. The smallest absolute Gasteiger partial charge is 0.262 e. The molecule has 0 radical (unpaired) electrons. The second-order valence-corrected chi connectivity index (χ2v) is 3.75. The van der Waals surface area contributed by atoms with Crippen LogP contribution in [-0.2, 0) is 0 Å². The second-order valence-electron chi connectivity index (χ2n) is 2.83. The Hall–Kier alpha value is -1.38. The predicted octanol–water partition coefficient (Wildman–Crippen LogP) is 0.730. The van der Waals surface area contributed by atoms with Crippen LogP contribution in [0.5, 0.6) is 0 Å². The SMILES string of the molecule is CC(CO)NC(=O)c1sccc1C#N. The van der Waals surface area contributed by atoms with E-state index < -0.39 is 0 Å². The molecular formula is C9H10N2O2S. The van der Waals surface area contributed by atoms with E-state index in [0.717, 1.165) is 0 Å². The Morgan fingerprint density at radius 1 is 1.86 bits per heavy atom. The van der Waals surface area contributed by atoms with Gasteiger partial charge >= 0.3 is 0 Å². The van der Waals surface area contributed by atoms with Crippen LogP contribution in [0.3, 0.4) is 0 Å². The molecule has 0 aliphatic rings. The molecule has 0 fully saturated rings. The van der Waals surface area contributed by atoms with Crippen molar-refractivity contribution in [1.29, 1.82) is 5.26 Å². The van der Waals surface area contributed by atoms with Gasteiger partial charge in [-0.05, 0) is 18.4 Å². The maximum atomic E-state index is 11.5. The van der Waals surface area contributed by atoms with E-state index in [1.165, 1.54) is 11.3 Å². The highest BCUT2D eigenvalue weighted by molar-refractivity contribution is 7.12. The van der Waals surface area contributed by atoms with E-state index >= 15 is 0 Å². The molecule has 0 saturated carbocycles. The normalized spacial score (nSPS) is 11.8. The van der Waals surface area contributed by atoms with Gasteiger partial charge < -0.3 is 10.4 Å². The Morgan fingerprint density at radius 3 is 3.14 bits per heavy atom. The summed E-state index contributed by atoms with van der Waals surface area (Å²) in [5, 5.41) is 21.7. The molecule has 0 saturated heterocycles. The van der Waals surface area contributed by atoms with E-state index in [9.17, 15) is 4.79 Å². The van der Waals surface area contributed by atoms with E-state index in [-0.39, 0.29) is 18.6 Å².